The molecule has 1 unspecified atom stereocenters. The van der Waals surface area contributed by atoms with Gasteiger partial charge in [0.15, 0.2) is 0 Å². The highest BCUT2D eigenvalue weighted by atomic mass is 79.9. The van der Waals surface area contributed by atoms with Gasteiger partial charge in [0.25, 0.3) is 15.7 Å². The highest BCUT2D eigenvalue weighted by Crippen LogP contribution is 2.39. The van der Waals surface area contributed by atoms with Crippen molar-refractivity contribution in [2.24, 2.45) is 0 Å². The van der Waals surface area contributed by atoms with Gasteiger partial charge in [0.1, 0.15) is 11.9 Å². The highest BCUT2D eigenvalue weighted by molar-refractivity contribution is 9.10. The number of non-ortho nitro benzene ring substituents is 1. The van der Waals surface area contributed by atoms with Crippen LogP contribution < -0.4 is 0 Å². The van der Waals surface area contributed by atoms with Crippen LogP contribution in [0.25, 0.3) is 11.1 Å². The van der Waals surface area contributed by atoms with Crippen molar-refractivity contribution in [3.05, 3.63) is 115 Å². The van der Waals surface area contributed by atoms with Crippen LogP contribution >= 0.6 is 27.5 Å². The van der Waals surface area contributed by atoms with E-state index in [2.05, 4.69) is 15.9 Å². The molecular formula is C24H17BrClFN2O5S. The molecule has 0 saturated carbocycles. The Kier molecular flexibility index (Phi) is 6.83. The van der Waals surface area contributed by atoms with E-state index >= 15 is 0 Å². The van der Waals surface area contributed by atoms with Gasteiger partial charge < -0.3 is 5.11 Å². The molecular weight excluding hydrogens is 563 g/mol. The Morgan fingerprint density at radius 2 is 1.77 bits per heavy atom. The molecule has 7 nitrogen and oxygen atoms in total. The molecule has 4 rings (SSSR count). The minimum Gasteiger partial charge on any atom is -0.382 e. The van der Waals surface area contributed by atoms with Crippen LogP contribution in [0.4, 0.5) is 10.1 Å². The number of hydrogen-bond acceptors (Lipinski definition) is 5. The number of nitrogens with zero attached hydrogens (tertiary/aromatic N) is 2. The van der Waals surface area contributed by atoms with Gasteiger partial charge in [-0.25, -0.2) is 16.8 Å². The van der Waals surface area contributed by atoms with Gasteiger partial charge in [-0.3, -0.25) is 10.1 Å². The number of aryl methyl sites for hydroxylation is 1. The maximum atomic E-state index is 14.0. The first-order valence-corrected chi connectivity index (χ1v) is 12.7. The summed E-state index contributed by atoms with van der Waals surface area (Å²) in [6, 6.07) is 15.0. The van der Waals surface area contributed by atoms with Gasteiger partial charge in [-0.2, -0.15) is 0 Å². The quantitative estimate of drug-likeness (QED) is 0.215. The van der Waals surface area contributed by atoms with Gasteiger partial charge in [-0.1, -0.05) is 45.2 Å². The van der Waals surface area contributed by atoms with Crippen molar-refractivity contribution >= 4 is 43.2 Å². The molecule has 0 aliphatic carbocycles. The minimum atomic E-state index is -4.21. The van der Waals surface area contributed by atoms with Crippen molar-refractivity contribution in [1.82, 2.24) is 3.97 Å². The smallest absolute Gasteiger partial charge is 0.271 e. The zero-order valence-corrected chi connectivity index (χ0v) is 21.2. The van der Waals surface area contributed by atoms with Crippen LogP contribution in [0, 0.1) is 22.9 Å². The molecule has 180 valence electrons. The molecule has 35 heavy (non-hydrogen) atoms. The van der Waals surface area contributed by atoms with E-state index in [4.69, 9.17) is 11.6 Å². The Morgan fingerprint density at radius 1 is 1.09 bits per heavy atom. The Hall–Kier alpha value is -3.05. The molecule has 1 N–H and O–H groups in total. The summed E-state index contributed by atoms with van der Waals surface area (Å²) in [5.41, 5.74) is 0.864. The lowest BCUT2D eigenvalue weighted by molar-refractivity contribution is -0.384. The Bertz CT molecular complexity index is 1550. The SMILES string of the molecule is Cc1ccc(S(=O)(=O)n2ccc(-c3cc(Br)cc([N+](=O)[O-])c3)c2C(O)c2cc(F)ccc2Cl)cc1. The molecule has 0 fully saturated rings. The Labute approximate surface area is 213 Å². The maximum Gasteiger partial charge on any atom is 0.271 e. The second kappa shape index (κ2) is 9.54. The summed E-state index contributed by atoms with van der Waals surface area (Å²) < 4.78 is 42.4. The van der Waals surface area contributed by atoms with E-state index in [1.54, 1.807) is 18.2 Å². The highest BCUT2D eigenvalue weighted by Gasteiger charge is 2.29. The number of nitro benzene ring substituents is 1. The Balaban J connectivity index is 2.01. The van der Waals surface area contributed by atoms with Crippen LogP contribution in [0.5, 0.6) is 0 Å². The lowest BCUT2D eigenvalue weighted by Crippen LogP contribution is -2.18. The molecule has 0 aliphatic heterocycles. The van der Waals surface area contributed by atoms with Crippen molar-refractivity contribution in [3.63, 3.8) is 0 Å². The van der Waals surface area contributed by atoms with Gasteiger partial charge in [0, 0.05) is 39.0 Å². The topological polar surface area (TPSA) is 102 Å². The van der Waals surface area contributed by atoms with Crippen LogP contribution in [0.15, 0.2) is 82.3 Å². The normalized spacial score (nSPS) is 12.5. The number of nitro groups is 1. The van der Waals surface area contributed by atoms with Crippen molar-refractivity contribution in [1.29, 1.82) is 0 Å². The van der Waals surface area contributed by atoms with E-state index in [1.807, 2.05) is 6.92 Å². The van der Waals surface area contributed by atoms with Crippen molar-refractivity contribution in [3.8, 4) is 11.1 Å². The fraction of sp³-hybridized carbons (Fsp3) is 0.0833. The van der Waals surface area contributed by atoms with Crippen LogP contribution in [-0.4, -0.2) is 22.4 Å². The first-order valence-electron chi connectivity index (χ1n) is 10.1. The zero-order valence-electron chi connectivity index (χ0n) is 18.0. The molecule has 3 aromatic carbocycles. The van der Waals surface area contributed by atoms with Gasteiger partial charge in [-0.05, 0) is 55.0 Å². The average Bonchev–Trinajstić information content (AvgIpc) is 3.26. The van der Waals surface area contributed by atoms with Crippen LogP contribution in [0.3, 0.4) is 0 Å². The third kappa shape index (κ3) is 4.87. The molecule has 4 aromatic rings. The third-order valence-corrected chi connectivity index (χ3v) is 7.89. The summed E-state index contributed by atoms with van der Waals surface area (Å²) in [6.07, 6.45) is -0.440. The molecule has 0 spiro atoms. The number of hydrogen-bond donors (Lipinski definition) is 1. The Morgan fingerprint density at radius 3 is 2.43 bits per heavy atom. The first-order chi connectivity index (χ1) is 16.5. The number of benzene rings is 3. The van der Waals surface area contributed by atoms with Crippen molar-refractivity contribution < 1.29 is 22.8 Å². The fourth-order valence-corrected chi connectivity index (χ4v) is 5.77. The van der Waals surface area contributed by atoms with E-state index in [1.165, 1.54) is 42.6 Å². The van der Waals surface area contributed by atoms with Crippen LogP contribution in [-0.2, 0) is 10.0 Å². The fourth-order valence-electron chi connectivity index (χ4n) is 3.68. The lowest BCUT2D eigenvalue weighted by atomic mass is 9.99. The molecule has 11 heteroatoms. The lowest BCUT2D eigenvalue weighted by Gasteiger charge is -2.19. The van der Waals surface area contributed by atoms with E-state index in [9.17, 15) is 28.0 Å². The summed E-state index contributed by atoms with van der Waals surface area (Å²) in [5.74, 6) is -0.678. The maximum absolute atomic E-state index is 14.0. The van der Waals surface area contributed by atoms with E-state index in [0.29, 0.717) is 4.47 Å². The van der Waals surface area contributed by atoms with Crippen LogP contribution in [0.1, 0.15) is 22.9 Å². The van der Waals surface area contributed by atoms with Gasteiger partial charge >= 0.3 is 0 Å². The summed E-state index contributed by atoms with van der Waals surface area (Å²) >= 11 is 9.45. The van der Waals surface area contributed by atoms with Gasteiger partial charge in [-0.15, -0.1) is 0 Å². The molecule has 0 aliphatic rings. The second-order valence-electron chi connectivity index (χ2n) is 7.75. The van der Waals surface area contributed by atoms with Crippen molar-refractivity contribution in [2.45, 2.75) is 17.9 Å². The van der Waals surface area contributed by atoms with E-state index < -0.39 is 26.9 Å². The summed E-state index contributed by atoms with van der Waals surface area (Å²) in [7, 11) is -4.21. The minimum absolute atomic E-state index is 0.0190. The number of aliphatic hydroxyl groups is 1. The number of halogens is 3. The molecule has 1 aromatic heterocycles. The summed E-state index contributed by atoms with van der Waals surface area (Å²) in [4.78, 5) is 10.8. The number of aliphatic hydroxyl groups excluding tert-OH is 1. The van der Waals surface area contributed by atoms with Crippen LogP contribution in [0.2, 0.25) is 5.02 Å². The van der Waals surface area contributed by atoms with E-state index in [0.717, 1.165) is 21.7 Å². The molecule has 0 amide bonds. The number of rotatable bonds is 6. The van der Waals surface area contributed by atoms with Gasteiger partial charge in [0.05, 0.1) is 15.5 Å². The first kappa shape index (κ1) is 25.1. The zero-order chi connectivity index (χ0) is 25.5. The molecule has 0 radical (unpaired) electrons. The molecule has 1 heterocycles. The number of aromatic nitrogens is 1. The molecule has 1 atom stereocenters. The largest absolute Gasteiger partial charge is 0.382 e. The molecule has 0 bridgehead atoms. The predicted octanol–water partition coefficient (Wildman–Crippen LogP) is 6.25. The molecule has 0 saturated heterocycles. The third-order valence-electron chi connectivity index (χ3n) is 5.38. The monoisotopic (exact) mass is 578 g/mol. The summed E-state index contributed by atoms with van der Waals surface area (Å²) in [5, 5.41) is 22.8. The predicted molar refractivity (Wildman–Crippen MR) is 133 cm³/mol. The average molecular weight is 580 g/mol. The van der Waals surface area contributed by atoms with Crippen molar-refractivity contribution in [2.75, 3.05) is 0 Å². The van der Waals surface area contributed by atoms with E-state index in [-0.39, 0.29) is 38.0 Å². The summed E-state index contributed by atoms with van der Waals surface area (Å²) in [6.45, 7) is 1.81. The second-order valence-corrected chi connectivity index (χ2v) is 10.9. The standard InChI is InChI=1S/C24H17BrClFN2O5S/c1-14-2-5-19(6-3-14)35(33,34)28-9-8-20(15-10-16(25)12-18(11-15)29(31)32)23(28)24(30)21-13-17(27)4-7-22(21)26/h2-13,24,30H,1H3. The van der Waals surface area contributed by atoms with Gasteiger partial charge in [0.2, 0.25) is 0 Å².